The van der Waals surface area contributed by atoms with Gasteiger partial charge in [0.2, 0.25) is 0 Å². The number of carbonyl (C=O) groups is 2. The molecule has 0 amide bonds. The van der Waals surface area contributed by atoms with Crippen LogP contribution in [-0.2, 0) is 30.4 Å². The Morgan fingerprint density at radius 2 is 1.14 bits per heavy atom. The summed E-state index contributed by atoms with van der Waals surface area (Å²) in [5.41, 5.74) is -0.809. The molecule has 36 heavy (non-hydrogen) atoms. The van der Waals surface area contributed by atoms with Crippen LogP contribution in [0.5, 0.6) is 0 Å². The van der Waals surface area contributed by atoms with Crippen molar-refractivity contribution < 1.29 is 137 Å². The molecule has 1 aliphatic rings. The molecule has 3 aromatic rings. The Morgan fingerprint density at radius 3 is 1.56 bits per heavy atom. The zero-order valence-electron chi connectivity index (χ0n) is 18.8. The molecule has 0 bridgehead atoms. The van der Waals surface area contributed by atoms with E-state index < -0.39 is 73.4 Å². The Bertz CT molecular complexity index is 1700. The Labute approximate surface area is 271 Å². The van der Waals surface area contributed by atoms with Crippen molar-refractivity contribution in [3.63, 3.8) is 0 Å². The molecule has 0 saturated carbocycles. The summed E-state index contributed by atoms with van der Waals surface area (Å²) in [7, 11) is -17.6. The normalized spacial score (nSPS) is 14.0. The van der Waals surface area contributed by atoms with Crippen LogP contribution in [0.25, 0.3) is 10.9 Å². The van der Waals surface area contributed by atoms with Crippen LogP contribution in [0.15, 0.2) is 57.2 Å². The van der Waals surface area contributed by atoms with Crippen LogP contribution in [0, 0.1) is 0 Å². The number of rotatable bonds is 4. The van der Waals surface area contributed by atoms with Crippen LogP contribution in [0.2, 0.25) is 0 Å². The van der Waals surface area contributed by atoms with Crippen molar-refractivity contribution in [2.75, 3.05) is 0 Å². The third-order valence-electron chi connectivity index (χ3n) is 4.94. The quantitative estimate of drug-likeness (QED) is 0.160. The van der Waals surface area contributed by atoms with E-state index in [9.17, 15) is 48.5 Å². The van der Waals surface area contributed by atoms with Crippen LogP contribution in [0.3, 0.4) is 0 Å². The van der Waals surface area contributed by atoms with Crippen molar-refractivity contribution in [1.29, 1.82) is 0 Å². The second kappa shape index (κ2) is 11.6. The maximum Gasteiger partial charge on any atom is 1.00 e. The zero-order chi connectivity index (χ0) is 24.5. The number of hydrogen-bond acceptors (Lipinski definition) is 12. The third kappa shape index (κ3) is 6.05. The summed E-state index contributed by atoms with van der Waals surface area (Å²) >= 11 is 0. The summed E-state index contributed by atoms with van der Waals surface area (Å²) in [4.78, 5) is 23.7. The SMILES string of the molecule is O=C1c2ccccc2C(=O)C1c1ccc2c(S(=O)(=O)[O-])c(S(=O)(=O)[O-])c(S(=O)(=O)[O-])cc2n1.[Na+].[Na+].[Na+]. The first-order valence-corrected chi connectivity index (χ1v) is 12.9. The topological polar surface area (TPSA) is 219 Å². The number of aromatic nitrogens is 1. The van der Waals surface area contributed by atoms with E-state index in [0.29, 0.717) is 6.07 Å². The maximum absolute atomic E-state index is 12.7. The summed E-state index contributed by atoms with van der Waals surface area (Å²) < 4.78 is 105. The first-order valence-electron chi connectivity index (χ1n) is 8.65. The second-order valence-corrected chi connectivity index (χ2v) is 10.9. The maximum atomic E-state index is 12.7. The first kappa shape index (κ1) is 33.9. The molecule has 0 unspecified atom stereocenters. The van der Waals surface area contributed by atoms with E-state index in [0.717, 1.165) is 12.1 Å². The van der Waals surface area contributed by atoms with E-state index in [1.54, 1.807) is 0 Å². The number of benzene rings is 2. The summed E-state index contributed by atoms with van der Waals surface area (Å²) in [6.45, 7) is 0. The molecule has 0 radical (unpaired) electrons. The number of fused-ring (bicyclic) bond motifs is 2. The molecular formula is C18H8NNa3O11S3. The van der Waals surface area contributed by atoms with E-state index >= 15 is 0 Å². The van der Waals surface area contributed by atoms with E-state index in [2.05, 4.69) is 4.98 Å². The molecule has 172 valence electrons. The van der Waals surface area contributed by atoms with Gasteiger partial charge in [-0.05, 0) is 18.2 Å². The zero-order valence-corrected chi connectivity index (χ0v) is 27.2. The van der Waals surface area contributed by atoms with Gasteiger partial charge in [0, 0.05) is 16.5 Å². The van der Waals surface area contributed by atoms with Gasteiger partial charge in [-0.15, -0.1) is 0 Å². The molecule has 4 rings (SSSR count). The largest absolute Gasteiger partial charge is 1.00 e. The number of carbonyl (C=O) groups excluding carboxylic acids is 2. The van der Waals surface area contributed by atoms with Crippen LogP contribution in [0.4, 0.5) is 0 Å². The van der Waals surface area contributed by atoms with Crippen molar-refractivity contribution in [3.8, 4) is 0 Å². The average Bonchev–Trinajstić information content (AvgIpc) is 2.94. The number of hydrogen-bond donors (Lipinski definition) is 0. The van der Waals surface area contributed by atoms with Gasteiger partial charge in [0.15, 0.2) is 11.6 Å². The van der Waals surface area contributed by atoms with Crippen molar-refractivity contribution in [1.82, 2.24) is 4.98 Å². The van der Waals surface area contributed by atoms with Gasteiger partial charge in [-0.25, -0.2) is 25.3 Å². The van der Waals surface area contributed by atoms with Gasteiger partial charge in [-0.2, -0.15) is 0 Å². The van der Waals surface area contributed by atoms with E-state index in [1.165, 1.54) is 24.3 Å². The molecule has 1 aromatic heterocycles. The van der Waals surface area contributed by atoms with Crippen molar-refractivity contribution in [2.45, 2.75) is 20.6 Å². The van der Waals surface area contributed by atoms with E-state index in [1.807, 2.05) is 0 Å². The van der Waals surface area contributed by atoms with Gasteiger partial charge in [0.05, 0.1) is 25.9 Å². The Balaban J connectivity index is 0.00000216. The smallest absolute Gasteiger partial charge is 0.744 e. The van der Waals surface area contributed by atoms with Gasteiger partial charge >= 0.3 is 88.7 Å². The number of ketones is 2. The monoisotopic (exact) mass is 579 g/mol. The molecule has 0 atom stereocenters. The van der Waals surface area contributed by atoms with Crippen molar-refractivity contribution >= 4 is 52.8 Å². The summed E-state index contributed by atoms with van der Waals surface area (Å²) in [6.07, 6.45) is 0. The minimum atomic E-state index is -5.95. The summed E-state index contributed by atoms with van der Waals surface area (Å²) in [6, 6.07) is 7.87. The molecule has 0 saturated heterocycles. The van der Waals surface area contributed by atoms with Crippen LogP contribution >= 0.6 is 0 Å². The predicted molar refractivity (Wildman–Crippen MR) is 103 cm³/mol. The number of nitrogens with zero attached hydrogens (tertiary/aromatic N) is 1. The fourth-order valence-electron chi connectivity index (χ4n) is 3.66. The third-order valence-corrected chi connectivity index (χ3v) is 7.90. The molecule has 2 aromatic carbocycles. The van der Waals surface area contributed by atoms with Gasteiger partial charge in [-0.1, -0.05) is 24.3 Å². The standard InChI is InChI=1S/C18H11NO11S3.3Na/c20-15-8-3-1-2-4-9(8)16(21)14(15)11-6-5-10-12(19-11)7-13(31(22,23)24)18(33(28,29)30)17(10)32(25,26)27;;;/h1-7,14H,(H,22,23,24)(H,25,26,27)(H,28,29,30);;;/q;3*+1/p-3. The van der Waals surface area contributed by atoms with E-state index in [-0.39, 0.29) is 105 Å². The van der Waals surface area contributed by atoms with Gasteiger partial charge < -0.3 is 13.7 Å². The second-order valence-electron chi connectivity index (χ2n) is 6.91. The Morgan fingerprint density at radius 1 is 0.667 bits per heavy atom. The summed E-state index contributed by atoms with van der Waals surface area (Å²) in [5, 5.41) is -0.786. The van der Waals surface area contributed by atoms with E-state index in [4.69, 9.17) is 0 Å². The molecule has 0 N–H and O–H groups in total. The molecule has 18 heteroatoms. The summed E-state index contributed by atoms with van der Waals surface area (Å²) in [5.74, 6) is -2.81. The minimum absolute atomic E-state index is 0. The van der Waals surface area contributed by atoms with Gasteiger partial charge in [0.25, 0.3) is 0 Å². The first-order chi connectivity index (χ1) is 15.1. The molecule has 0 aliphatic heterocycles. The minimum Gasteiger partial charge on any atom is -0.744 e. The Hall–Kier alpha value is -0.0800. The fourth-order valence-corrected chi connectivity index (χ4v) is 6.96. The molecule has 1 heterocycles. The van der Waals surface area contributed by atoms with Crippen molar-refractivity contribution in [2.24, 2.45) is 0 Å². The van der Waals surface area contributed by atoms with Crippen LogP contribution in [0.1, 0.15) is 32.3 Å². The molecule has 12 nitrogen and oxygen atoms in total. The molecule has 0 fully saturated rings. The molecular weight excluding hydrogens is 571 g/mol. The fraction of sp³-hybridized carbons (Fsp3) is 0.0556. The molecule has 0 spiro atoms. The van der Waals surface area contributed by atoms with Crippen LogP contribution in [-0.4, -0.2) is 55.5 Å². The van der Waals surface area contributed by atoms with Crippen LogP contribution < -0.4 is 88.7 Å². The average molecular weight is 579 g/mol. The van der Waals surface area contributed by atoms with Gasteiger partial charge in [-0.3, -0.25) is 14.6 Å². The Kier molecular flexibility index (Phi) is 10.9. The number of pyridine rings is 1. The number of Topliss-reactive ketones (excluding diaryl/α,β-unsaturated/α-hetero) is 2. The predicted octanol–water partition coefficient (Wildman–Crippen LogP) is -8.88. The molecule has 1 aliphatic carbocycles. The van der Waals surface area contributed by atoms with Crippen molar-refractivity contribution in [3.05, 3.63) is 59.3 Å². The van der Waals surface area contributed by atoms with Gasteiger partial charge in [0.1, 0.15) is 36.3 Å².